The van der Waals surface area contributed by atoms with Gasteiger partial charge in [0.25, 0.3) is 0 Å². The van der Waals surface area contributed by atoms with E-state index in [0.717, 1.165) is 11.3 Å². The van der Waals surface area contributed by atoms with Gasteiger partial charge in [0.15, 0.2) is 0 Å². The molecule has 0 aromatic heterocycles. The minimum Gasteiger partial charge on any atom is -0.508 e. The van der Waals surface area contributed by atoms with Crippen molar-refractivity contribution in [1.82, 2.24) is 4.90 Å². The molecule has 0 saturated heterocycles. The van der Waals surface area contributed by atoms with Crippen molar-refractivity contribution >= 4 is 17.7 Å². The summed E-state index contributed by atoms with van der Waals surface area (Å²) in [6.07, 6.45) is 2.66. The predicted molar refractivity (Wildman–Crippen MR) is 75.6 cm³/mol. The molecule has 0 fully saturated rings. The molecule has 0 bridgehead atoms. The van der Waals surface area contributed by atoms with Gasteiger partial charge in [0.2, 0.25) is 5.91 Å². The van der Waals surface area contributed by atoms with E-state index >= 15 is 0 Å². The first-order valence-electron chi connectivity index (χ1n) is 5.82. The number of rotatable bonds is 6. The SMILES string of the molecule is CSCC[C@@H](N)C(=O)N(C)Cc1ccccc1O. The summed E-state index contributed by atoms with van der Waals surface area (Å²) in [5, 5.41) is 9.65. The molecular weight excluding hydrogens is 248 g/mol. The van der Waals surface area contributed by atoms with Crippen LogP contribution in [-0.4, -0.2) is 41.0 Å². The van der Waals surface area contributed by atoms with E-state index < -0.39 is 6.04 Å². The third-order valence-electron chi connectivity index (χ3n) is 2.73. The summed E-state index contributed by atoms with van der Waals surface area (Å²) in [6.45, 7) is 0.373. The molecule has 1 rings (SSSR count). The largest absolute Gasteiger partial charge is 0.508 e. The predicted octanol–water partition coefficient (Wildman–Crippen LogP) is 1.43. The van der Waals surface area contributed by atoms with Crippen molar-refractivity contribution in [3.63, 3.8) is 0 Å². The first kappa shape index (κ1) is 14.9. The number of likely N-dealkylation sites (N-methyl/N-ethyl adjacent to an activating group) is 1. The molecule has 0 saturated carbocycles. The van der Waals surface area contributed by atoms with Gasteiger partial charge in [-0.25, -0.2) is 0 Å². The van der Waals surface area contributed by atoms with E-state index in [2.05, 4.69) is 0 Å². The van der Waals surface area contributed by atoms with Crippen LogP contribution in [0.1, 0.15) is 12.0 Å². The summed E-state index contributed by atoms with van der Waals surface area (Å²) in [5.41, 5.74) is 6.56. The van der Waals surface area contributed by atoms with Crippen molar-refractivity contribution in [2.24, 2.45) is 5.73 Å². The van der Waals surface area contributed by atoms with Gasteiger partial charge in [0.1, 0.15) is 5.75 Å². The number of hydrogen-bond donors (Lipinski definition) is 2. The van der Waals surface area contributed by atoms with E-state index in [-0.39, 0.29) is 11.7 Å². The quantitative estimate of drug-likeness (QED) is 0.819. The molecule has 1 aromatic rings. The van der Waals surface area contributed by atoms with Crippen LogP contribution in [0.25, 0.3) is 0 Å². The number of nitrogens with zero attached hydrogens (tertiary/aromatic N) is 1. The third-order valence-corrected chi connectivity index (χ3v) is 3.37. The zero-order valence-electron chi connectivity index (χ0n) is 10.8. The molecule has 5 heteroatoms. The van der Waals surface area contributed by atoms with Gasteiger partial charge < -0.3 is 15.7 Å². The number of phenols is 1. The molecule has 1 amide bonds. The highest BCUT2D eigenvalue weighted by atomic mass is 32.2. The highest BCUT2D eigenvalue weighted by Crippen LogP contribution is 2.17. The van der Waals surface area contributed by atoms with Crippen LogP contribution in [0.5, 0.6) is 5.75 Å². The monoisotopic (exact) mass is 268 g/mol. The Morgan fingerprint density at radius 3 is 2.78 bits per heavy atom. The van der Waals surface area contributed by atoms with E-state index in [0.29, 0.717) is 13.0 Å². The smallest absolute Gasteiger partial charge is 0.239 e. The Morgan fingerprint density at radius 2 is 2.17 bits per heavy atom. The third kappa shape index (κ3) is 4.23. The number of hydrogen-bond acceptors (Lipinski definition) is 4. The van der Waals surface area contributed by atoms with Crippen molar-refractivity contribution in [1.29, 1.82) is 0 Å². The molecule has 0 spiro atoms. The van der Waals surface area contributed by atoms with Gasteiger partial charge in [-0.15, -0.1) is 0 Å². The van der Waals surface area contributed by atoms with Gasteiger partial charge in [0.05, 0.1) is 6.04 Å². The van der Waals surface area contributed by atoms with Gasteiger partial charge in [-0.05, 0) is 24.5 Å². The van der Waals surface area contributed by atoms with E-state index in [4.69, 9.17) is 5.73 Å². The zero-order valence-corrected chi connectivity index (χ0v) is 11.6. The molecule has 0 heterocycles. The van der Waals surface area contributed by atoms with Gasteiger partial charge in [-0.3, -0.25) is 4.79 Å². The Balaban J connectivity index is 2.57. The molecule has 3 N–H and O–H groups in total. The van der Waals surface area contributed by atoms with Crippen LogP contribution in [0.15, 0.2) is 24.3 Å². The fourth-order valence-electron chi connectivity index (χ4n) is 1.63. The maximum Gasteiger partial charge on any atom is 0.239 e. The Hall–Kier alpha value is -1.20. The van der Waals surface area contributed by atoms with Gasteiger partial charge in [0, 0.05) is 19.2 Å². The number of phenolic OH excluding ortho intramolecular Hbond substituents is 1. The van der Waals surface area contributed by atoms with Crippen LogP contribution in [0.4, 0.5) is 0 Å². The summed E-state index contributed by atoms with van der Waals surface area (Å²) in [5.74, 6) is 0.985. The molecule has 100 valence electrons. The lowest BCUT2D eigenvalue weighted by molar-refractivity contribution is -0.131. The second kappa shape index (κ2) is 7.28. The van der Waals surface area contributed by atoms with Crippen molar-refractivity contribution in [2.45, 2.75) is 19.0 Å². The Labute approximate surface area is 112 Å². The molecule has 0 aliphatic carbocycles. The van der Waals surface area contributed by atoms with Crippen LogP contribution >= 0.6 is 11.8 Å². The summed E-state index contributed by atoms with van der Waals surface area (Å²) >= 11 is 1.67. The first-order valence-corrected chi connectivity index (χ1v) is 7.22. The minimum atomic E-state index is -0.465. The highest BCUT2D eigenvalue weighted by Gasteiger charge is 2.18. The van der Waals surface area contributed by atoms with Crippen LogP contribution in [0.2, 0.25) is 0 Å². The van der Waals surface area contributed by atoms with Crippen LogP contribution in [0.3, 0.4) is 0 Å². The number of amides is 1. The highest BCUT2D eigenvalue weighted by molar-refractivity contribution is 7.98. The molecule has 1 aromatic carbocycles. The maximum absolute atomic E-state index is 12.0. The fraction of sp³-hybridized carbons (Fsp3) is 0.462. The molecule has 1 atom stereocenters. The zero-order chi connectivity index (χ0) is 13.5. The van der Waals surface area contributed by atoms with Crippen molar-refractivity contribution in [3.8, 4) is 5.75 Å². The summed E-state index contributed by atoms with van der Waals surface area (Å²) in [7, 11) is 1.70. The topological polar surface area (TPSA) is 66.6 Å². The van der Waals surface area contributed by atoms with Crippen molar-refractivity contribution in [3.05, 3.63) is 29.8 Å². The van der Waals surface area contributed by atoms with Crippen molar-refractivity contribution in [2.75, 3.05) is 19.1 Å². The number of carbonyl (C=O) groups excluding carboxylic acids is 1. The fourth-order valence-corrected chi connectivity index (χ4v) is 2.12. The van der Waals surface area contributed by atoms with Crippen LogP contribution in [-0.2, 0) is 11.3 Å². The lowest BCUT2D eigenvalue weighted by Crippen LogP contribution is -2.41. The van der Waals surface area contributed by atoms with Crippen LogP contribution < -0.4 is 5.73 Å². The van der Waals surface area contributed by atoms with Gasteiger partial charge >= 0.3 is 0 Å². The van der Waals surface area contributed by atoms with Crippen LogP contribution in [0, 0.1) is 0 Å². The molecule has 0 aliphatic heterocycles. The number of para-hydroxylation sites is 1. The molecule has 0 aliphatic rings. The average Bonchev–Trinajstić information content (AvgIpc) is 2.37. The number of nitrogens with two attached hydrogens (primary N) is 1. The standard InChI is InChI=1S/C13H20N2O2S/c1-15(13(17)11(14)7-8-18-2)9-10-5-3-4-6-12(10)16/h3-6,11,16H,7-9,14H2,1-2H3/t11-/m1/s1. The summed E-state index contributed by atoms with van der Waals surface area (Å²) < 4.78 is 0. The maximum atomic E-state index is 12.0. The van der Waals surface area contributed by atoms with E-state index in [1.807, 2.05) is 12.3 Å². The van der Waals surface area contributed by atoms with Crippen molar-refractivity contribution < 1.29 is 9.90 Å². The molecule has 0 unspecified atom stereocenters. The Kier molecular flexibility index (Phi) is 6.01. The normalized spacial score (nSPS) is 12.2. The minimum absolute atomic E-state index is 0.0905. The number of carbonyl (C=O) groups is 1. The molecule has 4 nitrogen and oxygen atoms in total. The second-order valence-electron chi connectivity index (χ2n) is 4.21. The Morgan fingerprint density at radius 1 is 1.50 bits per heavy atom. The lowest BCUT2D eigenvalue weighted by atomic mass is 10.1. The lowest BCUT2D eigenvalue weighted by Gasteiger charge is -2.21. The number of benzene rings is 1. The van der Waals surface area contributed by atoms with E-state index in [1.54, 1.807) is 41.9 Å². The second-order valence-corrected chi connectivity index (χ2v) is 5.20. The summed E-state index contributed by atoms with van der Waals surface area (Å²) in [6, 6.07) is 6.54. The van der Waals surface area contributed by atoms with Gasteiger partial charge in [-0.2, -0.15) is 11.8 Å². The van der Waals surface area contributed by atoms with E-state index in [1.165, 1.54) is 0 Å². The Bertz CT molecular complexity index is 398. The average molecular weight is 268 g/mol. The molecular formula is C13H20N2O2S. The summed E-state index contributed by atoms with van der Waals surface area (Å²) in [4.78, 5) is 13.5. The molecule has 0 radical (unpaired) electrons. The number of thioether (sulfide) groups is 1. The van der Waals surface area contributed by atoms with Gasteiger partial charge in [-0.1, -0.05) is 18.2 Å². The first-order chi connectivity index (χ1) is 8.56. The molecule has 18 heavy (non-hydrogen) atoms. The number of aromatic hydroxyl groups is 1. The van der Waals surface area contributed by atoms with E-state index in [9.17, 15) is 9.90 Å².